The number of hydrogen-bond acceptors (Lipinski definition) is 7. The number of nitrogens with zero attached hydrogens (tertiary/aromatic N) is 4. The van der Waals surface area contributed by atoms with Crippen LogP contribution in [0.4, 0.5) is 4.79 Å². The van der Waals surface area contributed by atoms with Crippen molar-refractivity contribution in [1.29, 1.82) is 0 Å². The van der Waals surface area contributed by atoms with Gasteiger partial charge in [0.05, 0.1) is 17.3 Å². The molecule has 0 spiro atoms. The van der Waals surface area contributed by atoms with E-state index in [0.29, 0.717) is 32.2 Å². The third-order valence-corrected chi connectivity index (χ3v) is 8.18. The number of benzene rings is 1. The molecule has 1 N–H and O–H groups in total. The number of fused-ring (bicyclic) bond motifs is 1. The topological polar surface area (TPSA) is 105 Å². The zero-order chi connectivity index (χ0) is 30.1. The zero-order valence-corrected chi connectivity index (χ0v) is 25.3. The van der Waals surface area contributed by atoms with E-state index >= 15 is 0 Å². The third kappa shape index (κ3) is 8.84. The Labute approximate surface area is 243 Å². The quantitative estimate of drug-likeness (QED) is 0.283. The zero-order valence-electron chi connectivity index (χ0n) is 25.3. The molecular weight excluding hydrogens is 520 g/mol. The summed E-state index contributed by atoms with van der Waals surface area (Å²) in [6.45, 7) is 10.7. The molecule has 9 heteroatoms. The number of aldehydes is 2. The van der Waals surface area contributed by atoms with Crippen LogP contribution in [0.15, 0.2) is 35.9 Å². The van der Waals surface area contributed by atoms with Gasteiger partial charge >= 0.3 is 6.09 Å². The number of carbonyl (C=O) groups is 3. The summed E-state index contributed by atoms with van der Waals surface area (Å²) in [6.07, 6.45) is 7.06. The Hall–Kier alpha value is -3.30. The molecule has 0 aliphatic carbocycles. The lowest BCUT2D eigenvalue weighted by atomic mass is 9.86. The number of rotatable bonds is 13. The van der Waals surface area contributed by atoms with E-state index < -0.39 is 12.2 Å². The highest BCUT2D eigenvalue weighted by molar-refractivity contribution is 5.84. The lowest BCUT2D eigenvalue weighted by Gasteiger charge is -2.33. The molecule has 2 heterocycles. The van der Waals surface area contributed by atoms with Crippen molar-refractivity contribution < 1.29 is 24.2 Å². The maximum absolute atomic E-state index is 13.0. The van der Waals surface area contributed by atoms with E-state index in [1.807, 2.05) is 70.8 Å². The van der Waals surface area contributed by atoms with E-state index in [0.717, 1.165) is 47.1 Å². The van der Waals surface area contributed by atoms with Gasteiger partial charge in [-0.25, -0.2) is 4.79 Å². The second-order valence-electron chi connectivity index (χ2n) is 11.5. The molecule has 5 atom stereocenters. The first-order valence-corrected chi connectivity index (χ1v) is 14.5. The van der Waals surface area contributed by atoms with Gasteiger partial charge in [0, 0.05) is 51.0 Å². The highest BCUT2D eigenvalue weighted by Gasteiger charge is 2.26. The molecule has 1 aromatic heterocycles. The van der Waals surface area contributed by atoms with Crippen LogP contribution in [-0.2, 0) is 21.4 Å². The van der Waals surface area contributed by atoms with E-state index in [1.54, 1.807) is 4.90 Å². The Balaban J connectivity index is 1.75. The Bertz CT molecular complexity index is 1240. The fourth-order valence-electron chi connectivity index (χ4n) is 5.33. The van der Waals surface area contributed by atoms with Crippen molar-refractivity contribution in [3.05, 3.63) is 47.2 Å². The van der Waals surface area contributed by atoms with Gasteiger partial charge < -0.3 is 29.2 Å². The van der Waals surface area contributed by atoms with Crippen LogP contribution >= 0.6 is 0 Å². The van der Waals surface area contributed by atoms with Crippen molar-refractivity contribution in [3.63, 3.8) is 0 Å². The summed E-state index contributed by atoms with van der Waals surface area (Å²) in [4.78, 5) is 39.9. The van der Waals surface area contributed by atoms with Crippen molar-refractivity contribution in [2.45, 2.75) is 59.2 Å². The lowest BCUT2D eigenvalue weighted by Crippen LogP contribution is -2.48. The molecular formula is C32H46N4O5. The SMILES string of the molecule is C/C(=C\c1ccc2c(C)nn(C)c2c1)[C@@H](C=O)[C@@H](C)/C=C/[C@H](OC(=O)N1CCN(C)CC1)[C@@H](C)CC[C@@H](O)CC=O. The number of piperazine rings is 1. The molecule has 0 bridgehead atoms. The summed E-state index contributed by atoms with van der Waals surface area (Å²) >= 11 is 0. The van der Waals surface area contributed by atoms with Gasteiger partial charge in [0.25, 0.3) is 0 Å². The summed E-state index contributed by atoms with van der Waals surface area (Å²) < 4.78 is 7.84. The molecule has 3 rings (SSSR count). The highest BCUT2D eigenvalue weighted by atomic mass is 16.6. The molecule has 9 nitrogen and oxygen atoms in total. The minimum Gasteiger partial charge on any atom is -0.442 e. The molecule has 0 unspecified atom stereocenters. The van der Waals surface area contributed by atoms with Crippen LogP contribution < -0.4 is 0 Å². The molecule has 41 heavy (non-hydrogen) atoms. The van der Waals surface area contributed by atoms with Gasteiger partial charge in [0.15, 0.2) is 0 Å². The average molecular weight is 567 g/mol. The fraction of sp³-hybridized carbons (Fsp3) is 0.562. The second-order valence-corrected chi connectivity index (χ2v) is 11.5. The normalized spacial score (nSPS) is 18.7. The molecule has 0 radical (unpaired) electrons. The van der Waals surface area contributed by atoms with Gasteiger partial charge in [-0.05, 0) is 63.3 Å². The monoisotopic (exact) mass is 566 g/mol. The number of amides is 1. The van der Waals surface area contributed by atoms with Crippen LogP contribution in [0.2, 0.25) is 0 Å². The molecule has 2 aromatic rings. The predicted octanol–water partition coefficient (Wildman–Crippen LogP) is 4.41. The van der Waals surface area contributed by atoms with Crippen molar-refractivity contribution in [3.8, 4) is 0 Å². The number of hydrogen-bond donors (Lipinski definition) is 1. The molecule has 1 aliphatic heterocycles. The Morgan fingerprint density at radius 2 is 1.80 bits per heavy atom. The number of aliphatic hydroxyl groups is 1. The number of likely N-dealkylation sites (N-methyl/N-ethyl adjacent to an activating group) is 1. The van der Waals surface area contributed by atoms with Crippen LogP contribution in [0, 0.1) is 24.7 Å². The predicted molar refractivity (Wildman–Crippen MR) is 161 cm³/mol. The Kier molecular flexibility index (Phi) is 11.8. The first kappa shape index (κ1) is 32.2. The third-order valence-electron chi connectivity index (χ3n) is 8.18. The molecule has 0 saturated carbocycles. The maximum Gasteiger partial charge on any atom is 0.410 e. The summed E-state index contributed by atoms with van der Waals surface area (Å²) in [5.41, 5.74) is 3.96. The lowest BCUT2D eigenvalue weighted by molar-refractivity contribution is -0.111. The first-order chi connectivity index (χ1) is 19.5. The minimum atomic E-state index is -0.714. The van der Waals surface area contributed by atoms with Crippen molar-refractivity contribution in [1.82, 2.24) is 19.6 Å². The summed E-state index contributed by atoms with van der Waals surface area (Å²) in [7, 11) is 3.95. The van der Waals surface area contributed by atoms with E-state index in [9.17, 15) is 19.5 Å². The molecule has 1 fully saturated rings. The fourth-order valence-corrected chi connectivity index (χ4v) is 5.33. The van der Waals surface area contributed by atoms with Crippen molar-refractivity contribution in [2.75, 3.05) is 33.2 Å². The van der Waals surface area contributed by atoms with Crippen LogP contribution in [-0.4, -0.2) is 88.8 Å². The Morgan fingerprint density at radius 1 is 1.10 bits per heavy atom. The standard InChI is InChI=1S/C32H46N4O5/c1-22(29(21-38)24(3)19-26-9-11-28-25(4)33-35(6)30(28)20-26)8-12-31(23(2)7-10-27(39)13-18-37)41-32(40)36-16-14-34(5)15-17-36/h8-9,11-12,18-23,27,29,31,39H,7,10,13-17H2,1-6H3/b12-8+,24-19+/t22-,23-,27+,29-,31-/m0/s1. The summed E-state index contributed by atoms with van der Waals surface area (Å²) in [5.74, 6) is -0.574. The molecule has 1 aromatic carbocycles. The van der Waals surface area contributed by atoms with Gasteiger partial charge in [0.1, 0.15) is 18.7 Å². The summed E-state index contributed by atoms with van der Waals surface area (Å²) in [5, 5.41) is 15.6. The van der Waals surface area contributed by atoms with E-state index in [-0.39, 0.29) is 30.3 Å². The van der Waals surface area contributed by atoms with Gasteiger partial charge in [-0.3, -0.25) is 4.68 Å². The van der Waals surface area contributed by atoms with Crippen molar-refractivity contribution >= 4 is 35.6 Å². The van der Waals surface area contributed by atoms with Gasteiger partial charge in [-0.1, -0.05) is 43.7 Å². The largest absolute Gasteiger partial charge is 0.442 e. The molecule has 1 saturated heterocycles. The average Bonchev–Trinajstić information content (AvgIpc) is 3.22. The van der Waals surface area contributed by atoms with Crippen LogP contribution in [0.25, 0.3) is 17.0 Å². The number of carbonyl (C=O) groups excluding carboxylic acids is 3. The van der Waals surface area contributed by atoms with Gasteiger partial charge in [0.2, 0.25) is 0 Å². The van der Waals surface area contributed by atoms with Crippen LogP contribution in [0.3, 0.4) is 0 Å². The van der Waals surface area contributed by atoms with Crippen LogP contribution in [0.5, 0.6) is 0 Å². The van der Waals surface area contributed by atoms with Gasteiger partial charge in [-0.2, -0.15) is 5.10 Å². The van der Waals surface area contributed by atoms with E-state index in [2.05, 4.69) is 22.1 Å². The Morgan fingerprint density at radius 3 is 2.46 bits per heavy atom. The molecule has 1 amide bonds. The highest BCUT2D eigenvalue weighted by Crippen LogP contribution is 2.26. The molecule has 1 aliphatic rings. The second kappa shape index (κ2) is 15.1. The first-order valence-electron chi connectivity index (χ1n) is 14.5. The van der Waals surface area contributed by atoms with Crippen molar-refractivity contribution in [2.24, 2.45) is 24.8 Å². The van der Waals surface area contributed by atoms with Gasteiger partial charge in [-0.15, -0.1) is 0 Å². The number of ether oxygens (including phenoxy) is 1. The number of aliphatic hydroxyl groups excluding tert-OH is 1. The van der Waals surface area contributed by atoms with Crippen LogP contribution in [0.1, 0.15) is 51.3 Å². The maximum atomic E-state index is 13.0. The molecule has 224 valence electrons. The number of allylic oxidation sites excluding steroid dienone is 2. The van der Waals surface area contributed by atoms with E-state index in [4.69, 9.17) is 4.74 Å². The minimum absolute atomic E-state index is 0.0865. The van der Waals surface area contributed by atoms with E-state index in [1.165, 1.54) is 0 Å². The smallest absolute Gasteiger partial charge is 0.410 e. The number of aromatic nitrogens is 2. The number of aryl methyl sites for hydroxylation is 2. The summed E-state index contributed by atoms with van der Waals surface area (Å²) in [6, 6.07) is 6.18.